The van der Waals surface area contributed by atoms with Crippen molar-refractivity contribution in [3.8, 4) is 0 Å². The zero-order valence-corrected chi connectivity index (χ0v) is 12.2. The highest BCUT2D eigenvalue weighted by atomic mass is 16.2. The molecule has 110 valence electrons. The largest absolute Gasteiger partial charge is 0.340 e. The predicted molar refractivity (Wildman–Crippen MR) is 79.1 cm³/mol. The lowest BCUT2D eigenvalue weighted by Crippen LogP contribution is -2.49. The van der Waals surface area contributed by atoms with E-state index in [1.165, 1.54) is 5.56 Å². The van der Waals surface area contributed by atoms with Crippen LogP contribution >= 0.6 is 0 Å². The van der Waals surface area contributed by atoms with Gasteiger partial charge in [-0.05, 0) is 37.6 Å². The van der Waals surface area contributed by atoms with Gasteiger partial charge in [0.2, 0.25) is 5.91 Å². The molecule has 2 N–H and O–H groups in total. The fourth-order valence-electron chi connectivity index (χ4n) is 2.62. The molecule has 2 rings (SSSR count). The Labute approximate surface area is 120 Å². The first-order valence-corrected chi connectivity index (χ1v) is 7.34. The highest BCUT2D eigenvalue weighted by Crippen LogP contribution is 2.21. The molecule has 0 aromatic carbocycles. The van der Waals surface area contributed by atoms with Crippen molar-refractivity contribution in [2.75, 3.05) is 32.7 Å². The van der Waals surface area contributed by atoms with Crippen molar-refractivity contribution in [3.63, 3.8) is 0 Å². The van der Waals surface area contributed by atoms with E-state index in [2.05, 4.69) is 28.9 Å². The number of aromatic nitrogens is 1. The summed E-state index contributed by atoms with van der Waals surface area (Å²) in [5.41, 5.74) is 6.73. The lowest BCUT2D eigenvalue weighted by molar-refractivity contribution is -0.133. The topological polar surface area (TPSA) is 62.5 Å². The monoisotopic (exact) mass is 276 g/mol. The fraction of sp³-hybridized carbons (Fsp3) is 0.600. The molecule has 5 heteroatoms. The van der Waals surface area contributed by atoms with E-state index in [-0.39, 0.29) is 5.91 Å². The second-order valence-electron chi connectivity index (χ2n) is 5.27. The number of hydrogen-bond acceptors (Lipinski definition) is 4. The molecule has 1 atom stereocenters. The van der Waals surface area contributed by atoms with Crippen LogP contribution in [0.5, 0.6) is 0 Å². The van der Waals surface area contributed by atoms with Gasteiger partial charge in [0.05, 0.1) is 0 Å². The van der Waals surface area contributed by atoms with Crippen LogP contribution in [-0.4, -0.2) is 53.4 Å². The van der Waals surface area contributed by atoms with Gasteiger partial charge in [-0.15, -0.1) is 0 Å². The molecule has 0 bridgehead atoms. The maximum Gasteiger partial charge on any atom is 0.222 e. The number of nitrogens with two attached hydrogens (primary N) is 1. The van der Waals surface area contributed by atoms with Crippen LogP contribution in [0, 0.1) is 0 Å². The van der Waals surface area contributed by atoms with Gasteiger partial charge in [-0.1, -0.05) is 0 Å². The number of carbonyl (C=O) groups is 1. The Kier molecular flexibility index (Phi) is 5.49. The Morgan fingerprint density at radius 2 is 1.95 bits per heavy atom. The number of pyridine rings is 1. The summed E-state index contributed by atoms with van der Waals surface area (Å²) in [5, 5.41) is 0. The van der Waals surface area contributed by atoms with Crippen molar-refractivity contribution in [3.05, 3.63) is 30.1 Å². The van der Waals surface area contributed by atoms with Crippen molar-refractivity contribution < 1.29 is 4.79 Å². The average Bonchev–Trinajstić information content (AvgIpc) is 2.53. The molecule has 1 unspecified atom stereocenters. The van der Waals surface area contributed by atoms with E-state index in [1.807, 2.05) is 17.3 Å². The molecule has 1 aliphatic heterocycles. The molecule has 0 aliphatic carbocycles. The molecule has 0 spiro atoms. The molecule has 5 nitrogen and oxygen atoms in total. The average molecular weight is 276 g/mol. The quantitative estimate of drug-likeness (QED) is 0.872. The maximum absolute atomic E-state index is 11.9. The van der Waals surface area contributed by atoms with Gasteiger partial charge in [-0.3, -0.25) is 14.7 Å². The summed E-state index contributed by atoms with van der Waals surface area (Å²) < 4.78 is 0. The van der Waals surface area contributed by atoms with Gasteiger partial charge in [-0.2, -0.15) is 0 Å². The number of rotatable bonds is 5. The molecule has 20 heavy (non-hydrogen) atoms. The molecule has 0 saturated carbocycles. The molecule has 1 aliphatic rings. The van der Waals surface area contributed by atoms with Crippen LogP contribution in [0.2, 0.25) is 0 Å². The minimum atomic E-state index is 0.242. The lowest BCUT2D eigenvalue weighted by Gasteiger charge is -2.38. The summed E-state index contributed by atoms with van der Waals surface area (Å²) >= 11 is 0. The van der Waals surface area contributed by atoms with Crippen LogP contribution in [0.4, 0.5) is 0 Å². The molecular weight excluding hydrogens is 252 g/mol. The normalized spacial score (nSPS) is 18.0. The van der Waals surface area contributed by atoms with Crippen LogP contribution in [0.1, 0.15) is 31.4 Å². The van der Waals surface area contributed by atoms with Gasteiger partial charge in [0.1, 0.15) is 0 Å². The van der Waals surface area contributed by atoms with Crippen LogP contribution in [0.3, 0.4) is 0 Å². The van der Waals surface area contributed by atoms with Gasteiger partial charge < -0.3 is 10.6 Å². The van der Waals surface area contributed by atoms with Crippen molar-refractivity contribution in [2.45, 2.75) is 25.8 Å². The summed E-state index contributed by atoms with van der Waals surface area (Å²) in [5.74, 6) is 0.242. The molecule has 1 aromatic rings. The van der Waals surface area contributed by atoms with E-state index in [9.17, 15) is 4.79 Å². The maximum atomic E-state index is 11.9. The van der Waals surface area contributed by atoms with Gasteiger partial charge in [0.15, 0.2) is 0 Å². The van der Waals surface area contributed by atoms with Crippen LogP contribution in [0.15, 0.2) is 24.5 Å². The second-order valence-corrected chi connectivity index (χ2v) is 5.27. The lowest BCUT2D eigenvalue weighted by atomic mass is 10.1. The highest BCUT2D eigenvalue weighted by molar-refractivity contribution is 5.76. The number of hydrogen-bond donors (Lipinski definition) is 1. The summed E-state index contributed by atoms with van der Waals surface area (Å²) in [4.78, 5) is 20.4. The number of carbonyl (C=O) groups excluding carboxylic acids is 1. The number of amides is 1. The summed E-state index contributed by atoms with van der Waals surface area (Å²) in [6.45, 7) is 6.29. The van der Waals surface area contributed by atoms with E-state index < -0.39 is 0 Å². The van der Waals surface area contributed by atoms with Crippen LogP contribution in [-0.2, 0) is 4.79 Å². The third-order valence-electron chi connectivity index (χ3n) is 4.00. The standard InChI is InChI=1S/C15H24N4O/c1-13(14-4-7-17-8-5-14)18-9-11-19(12-10-18)15(20)3-2-6-16/h4-5,7-8,13H,2-3,6,9-12,16H2,1H3. The zero-order chi connectivity index (χ0) is 14.4. The van der Waals surface area contributed by atoms with Gasteiger partial charge >= 0.3 is 0 Å². The Morgan fingerprint density at radius 3 is 2.55 bits per heavy atom. The van der Waals surface area contributed by atoms with Gasteiger partial charge in [0.25, 0.3) is 0 Å². The molecule has 2 heterocycles. The first-order chi connectivity index (χ1) is 9.72. The SMILES string of the molecule is CC(c1ccncc1)N1CCN(C(=O)CCCN)CC1. The Hall–Kier alpha value is -1.46. The van der Waals surface area contributed by atoms with E-state index in [1.54, 1.807) is 0 Å². The molecule has 0 radical (unpaired) electrons. The number of nitrogens with zero attached hydrogens (tertiary/aromatic N) is 3. The van der Waals surface area contributed by atoms with Crippen LogP contribution < -0.4 is 5.73 Å². The predicted octanol–water partition coefficient (Wildman–Crippen LogP) is 1.03. The van der Waals surface area contributed by atoms with E-state index in [0.717, 1.165) is 32.6 Å². The van der Waals surface area contributed by atoms with Crippen molar-refractivity contribution in [2.24, 2.45) is 5.73 Å². The third kappa shape index (κ3) is 3.77. The van der Waals surface area contributed by atoms with Crippen molar-refractivity contribution >= 4 is 5.91 Å². The Morgan fingerprint density at radius 1 is 1.30 bits per heavy atom. The second kappa shape index (κ2) is 7.36. The van der Waals surface area contributed by atoms with Crippen molar-refractivity contribution in [1.29, 1.82) is 0 Å². The smallest absolute Gasteiger partial charge is 0.222 e. The minimum Gasteiger partial charge on any atom is -0.340 e. The molecular formula is C15H24N4O. The summed E-state index contributed by atoms with van der Waals surface area (Å²) in [7, 11) is 0. The zero-order valence-electron chi connectivity index (χ0n) is 12.2. The highest BCUT2D eigenvalue weighted by Gasteiger charge is 2.24. The Bertz CT molecular complexity index is 415. The Balaban J connectivity index is 1.83. The first-order valence-electron chi connectivity index (χ1n) is 7.34. The van der Waals surface area contributed by atoms with Gasteiger partial charge in [-0.25, -0.2) is 0 Å². The van der Waals surface area contributed by atoms with Gasteiger partial charge in [0, 0.05) is 51.0 Å². The van der Waals surface area contributed by atoms with E-state index in [4.69, 9.17) is 5.73 Å². The van der Waals surface area contributed by atoms with Crippen LogP contribution in [0.25, 0.3) is 0 Å². The molecule has 1 amide bonds. The molecule has 1 aromatic heterocycles. The summed E-state index contributed by atoms with van der Waals surface area (Å²) in [6, 6.07) is 4.49. The first kappa shape index (κ1) is 14.9. The van der Waals surface area contributed by atoms with E-state index in [0.29, 0.717) is 19.0 Å². The number of piperazine rings is 1. The molecule has 1 saturated heterocycles. The van der Waals surface area contributed by atoms with Crippen molar-refractivity contribution in [1.82, 2.24) is 14.8 Å². The minimum absolute atomic E-state index is 0.242. The van der Waals surface area contributed by atoms with E-state index >= 15 is 0 Å². The third-order valence-corrected chi connectivity index (χ3v) is 4.00. The molecule has 1 fully saturated rings. The fourth-order valence-corrected chi connectivity index (χ4v) is 2.62. The summed E-state index contributed by atoms with van der Waals surface area (Å²) in [6.07, 6.45) is 5.03.